The number of alkyl halides is 4. The van der Waals surface area contributed by atoms with Crippen molar-refractivity contribution in [2.75, 3.05) is 44.2 Å². The quantitative estimate of drug-likeness (QED) is 0.543. The molecule has 4 atom stereocenters. The molecule has 3 aliphatic rings. The molecule has 2 unspecified atom stereocenters. The lowest BCUT2D eigenvalue weighted by molar-refractivity contribution is -0.138. The summed E-state index contributed by atoms with van der Waals surface area (Å²) < 4.78 is 49.7. The van der Waals surface area contributed by atoms with Crippen LogP contribution in [0.3, 0.4) is 0 Å². The van der Waals surface area contributed by atoms with Gasteiger partial charge in [0.1, 0.15) is 5.38 Å². The predicted molar refractivity (Wildman–Crippen MR) is 114 cm³/mol. The first kappa shape index (κ1) is 24.9. The summed E-state index contributed by atoms with van der Waals surface area (Å²) in [4.78, 5) is 35.4. The number of nitrogens with zero attached hydrogens (tertiary/aromatic N) is 4. The van der Waals surface area contributed by atoms with Crippen molar-refractivity contribution in [1.82, 2.24) is 25.7 Å². The van der Waals surface area contributed by atoms with Gasteiger partial charge in [-0.15, -0.1) is 11.6 Å². The van der Waals surface area contributed by atoms with E-state index < -0.39 is 23.2 Å². The molecule has 4 rings (SSSR count). The third-order valence-electron chi connectivity index (χ3n) is 6.07. The van der Waals surface area contributed by atoms with E-state index in [1.807, 2.05) is 0 Å². The van der Waals surface area contributed by atoms with Crippen molar-refractivity contribution in [1.29, 1.82) is 0 Å². The van der Waals surface area contributed by atoms with Crippen molar-refractivity contribution in [2.24, 2.45) is 0 Å². The molecule has 10 nitrogen and oxygen atoms in total. The van der Waals surface area contributed by atoms with Crippen molar-refractivity contribution >= 4 is 29.4 Å². The first-order chi connectivity index (χ1) is 16.2. The second kappa shape index (κ2) is 10.6. The lowest BCUT2D eigenvalue weighted by atomic mass is 10.1. The highest BCUT2D eigenvalue weighted by Crippen LogP contribution is 2.28. The van der Waals surface area contributed by atoms with Crippen molar-refractivity contribution in [3.63, 3.8) is 0 Å². The van der Waals surface area contributed by atoms with Crippen molar-refractivity contribution in [3.8, 4) is 0 Å². The van der Waals surface area contributed by atoms with Crippen LogP contribution in [0.5, 0.6) is 0 Å². The number of anilines is 1. The summed E-state index contributed by atoms with van der Waals surface area (Å²) in [7, 11) is 0. The highest BCUT2D eigenvalue weighted by Gasteiger charge is 2.35. The highest BCUT2D eigenvalue weighted by molar-refractivity contribution is 6.31. The fourth-order valence-electron chi connectivity index (χ4n) is 4.12. The average Bonchev–Trinajstić information content (AvgIpc) is 3.27. The number of carbonyl (C=O) groups is 2. The summed E-state index contributed by atoms with van der Waals surface area (Å²) >= 11 is 6.05. The van der Waals surface area contributed by atoms with Crippen LogP contribution in [0.2, 0.25) is 0 Å². The maximum Gasteiger partial charge on any atom is 0.419 e. The number of ether oxygens (including phenoxy) is 2. The number of hydrazine groups is 1. The van der Waals surface area contributed by atoms with Crippen LogP contribution in [0.4, 0.5) is 19.1 Å². The second-order valence-electron chi connectivity index (χ2n) is 8.44. The van der Waals surface area contributed by atoms with Gasteiger partial charge in [-0.2, -0.15) is 13.2 Å². The van der Waals surface area contributed by atoms with Crippen LogP contribution in [0, 0.1) is 0 Å². The number of piperazine rings is 1. The van der Waals surface area contributed by atoms with E-state index in [1.165, 1.54) is 0 Å². The Bertz CT molecular complexity index is 869. The van der Waals surface area contributed by atoms with E-state index in [0.717, 1.165) is 25.2 Å². The Morgan fingerprint density at radius 3 is 2.53 bits per heavy atom. The average molecular weight is 507 g/mol. The largest absolute Gasteiger partial charge is 0.419 e. The Kier molecular flexibility index (Phi) is 7.75. The predicted octanol–water partition coefficient (Wildman–Crippen LogP) is 0.709. The van der Waals surface area contributed by atoms with Crippen LogP contribution in [-0.2, 0) is 25.2 Å². The molecule has 2 amide bonds. The van der Waals surface area contributed by atoms with Gasteiger partial charge in [0, 0.05) is 45.1 Å². The fourth-order valence-corrected chi connectivity index (χ4v) is 4.33. The Balaban J connectivity index is 1.18. The molecule has 1 aromatic rings. The maximum atomic E-state index is 12.7. The number of nitrogens with one attached hydrogen (secondary N) is 2. The molecule has 3 aliphatic heterocycles. The zero-order valence-corrected chi connectivity index (χ0v) is 19.0. The molecule has 14 heteroatoms. The van der Waals surface area contributed by atoms with Gasteiger partial charge in [-0.3, -0.25) is 15.0 Å². The molecular weight excluding hydrogens is 481 g/mol. The molecule has 4 heterocycles. The molecule has 0 bridgehead atoms. The van der Waals surface area contributed by atoms with Crippen molar-refractivity contribution < 1.29 is 32.2 Å². The van der Waals surface area contributed by atoms with Crippen LogP contribution in [0.15, 0.2) is 12.4 Å². The molecule has 1 aromatic heterocycles. The SMILES string of the molecule is O=C1NNCC(OC[C@@H]2CC[C@@H](CC(=O)N3CCN(c4ncc(C(F)(F)F)cn4)CC3)O2)C1Cl. The molecule has 0 aromatic carbocycles. The Morgan fingerprint density at radius 1 is 1.18 bits per heavy atom. The van der Waals surface area contributed by atoms with E-state index in [9.17, 15) is 22.8 Å². The molecule has 2 N–H and O–H groups in total. The van der Waals surface area contributed by atoms with Gasteiger partial charge in [0.25, 0.3) is 5.91 Å². The maximum absolute atomic E-state index is 12.7. The third-order valence-corrected chi connectivity index (χ3v) is 6.55. The minimum Gasteiger partial charge on any atom is -0.372 e. The second-order valence-corrected chi connectivity index (χ2v) is 8.91. The van der Waals surface area contributed by atoms with Crippen LogP contribution in [0.25, 0.3) is 0 Å². The van der Waals surface area contributed by atoms with E-state index in [1.54, 1.807) is 9.80 Å². The lowest BCUT2D eigenvalue weighted by Gasteiger charge is -2.35. The fraction of sp³-hybridized carbons (Fsp3) is 0.700. The van der Waals surface area contributed by atoms with Crippen LogP contribution >= 0.6 is 11.6 Å². The minimum absolute atomic E-state index is 0.0338. The van der Waals surface area contributed by atoms with Crippen molar-refractivity contribution in [2.45, 2.75) is 49.1 Å². The molecular formula is C20H26ClF3N6O4. The van der Waals surface area contributed by atoms with Gasteiger partial charge in [0.2, 0.25) is 11.9 Å². The highest BCUT2D eigenvalue weighted by atomic mass is 35.5. The zero-order valence-electron chi connectivity index (χ0n) is 18.3. The van der Waals surface area contributed by atoms with Crippen LogP contribution in [-0.4, -0.2) is 89.7 Å². The van der Waals surface area contributed by atoms with Gasteiger partial charge in [-0.25, -0.2) is 15.4 Å². The number of hydrogen-bond donors (Lipinski definition) is 2. The standard InChI is InChI=1S/C20H26ClF3N6O4/c21-17-15(10-27-28-18(17)32)33-11-14-2-1-13(34-14)7-16(31)29-3-5-30(6-4-29)19-25-8-12(9-26-19)20(22,23)24/h8-9,13-15,17,27H,1-7,10-11H2,(H,28,32)/t13-,14-,15?,17?/m0/s1. The summed E-state index contributed by atoms with van der Waals surface area (Å²) in [5.74, 6) is -0.154. The number of rotatable bonds is 6. The van der Waals surface area contributed by atoms with Crippen molar-refractivity contribution in [3.05, 3.63) is 18.0 Å². The normalized spacial score (nSPS) is 28.2. The number of hydrogen-bond acceptors (Lipinski definition) is 8. The van der Waals surface area contributed by atoms with Gasteiger partial charge >= 0.3 is 6.18 Å². The number of aromatic nitrogens is 2. The topological polar surface area (TPSA) is 109 Å². The molecule has 0 spiro atoms. The van der Waals surface area contributed by atoms with Gasteiger partial charge in [-0.05, 0) is 12.8 Å². The number of amides is 2. The van der Waals surface area contributed by atoms with Gasteiger partial charge in [0.05, 0.1) is 36.9 Å². The Morgan fingerprint density at radius 2 is 1.85 bits per heavy atom. The lowest BCUT2D eigenvalue weighted by Crippen LogP contribution is -2.57. The summed E-state index contributed by atoms with van der Waals surface area (Å²) in [5, 5.41) is -0.772. The van der Waals surface area contributed by atoms with Gasteiger partial charge in [0.15, 0.2) is 0 Å². The molecule has 3 saturated heterocycles. The monoisotopic (exact) mass is 506 g/mol. The summed E-state index contributed by atoms with van der Waals surface area (Å²) in [6.07, 6.45) is -2.05. The van der Waals surface area contributed by atoms with Gasteiger partial charge < -0.3 is 19.3 Å². The molecule has 3 fully saturated rings. The van der Waals surface area contributed by atoms with Gasteiger partial charge in [-0.1, -0.05) is 0 Å². The number of halogens is 4. The van der Waals surface area contributed by atoms with E-state index in [4.69, 9.17) is 21.1 Å². The molecule has 0 radical (unpaired) electrons. The van der Waals surface area contributed by atoms with Crippen LogP contribution in [0.1, 0.15) is 24.8 Å². The zero-order chi connectivity index (χ0) is 24.3. The Hall–Kier alpha value is -2.22. The molecule has 188 valence electrons. The first-order valence-electron chi connectivity index (χ1n) is 11.1. The minimum atomic E-state index is -4.48. The van der Waals surface area contributed by atoms with Crippen LogP contribution < -0.4 is 15.8 Å². The number of carbonyl (C=O) groups excluding carboxylic acids is 2. The van der Waals surface area contributed by atoms with E-state index in [0.29, 0.717) is 39.3 Å². The summed E-state index contributed by atoms with van der Waals surface area (Å²) in [6.45, 7) is 2.41. The van der Waals surface area contributed by atoms with E-state index >= 15 is 0 Å². The summed E-state index contributed by atoms with van der Waals surface area (Å²) in [6, 6.07) is 0. The molecule has 34 heavy (non-hydrogen) atoms. The van der Waals surface area contributed by atoms with E-state index in [2.05, 4.69) is 20.8 Å². The summed E-state index contributed by atoms with van der Waals surface area (Å²) in [5.41, 5.74) is 4.28. The third kappa shape index (κ3) is 6.06. The van der Waals surface area contributed by atoms with E-state index in [-0.39, 0.29) is 36.4 Å². The first-order valence-corrected chi connectivity index (χ1v) is 11.5. The molecule has 0 aliphatic carbocycles. The smallest absolute Gasteiger partial charge is 0.372 e. The molecule has 0 saturated carbocycles. The Labute approximate surface area is 199 Å².